The molecule has 1 spiro atoms. The first kappa shape index (κ1) is 18.9. The third-order valence-electron chi connectivity index (χ3n) is 6.08. The van der Waals surface area contributed by atoms with Crippen molar-refractivity contribution >= 4 is 5.91 Å². The van der Waals surface area contributed by atoms with Gasteiger partial charge in [0.2, 0.25) is 5.91 Å². The maximum Gasteiger partial charge on any atom is 0.416 e. The van der Waals surface area contributed by atoms with Crippen LogP contribution in [0, 0.1) is 6.92 Å². The van der Waals surface area contributed by atoms with Gasteiger partial charge in [0, 0.05) is 12.2 Å². The van der Waals surface area contributed by atoms with Gasteiger partial charge in [0.05, 0.1) is 17.3 Å². The number of benzene rings is 1. The van der Waals surface area contributed by atoms with Crippen LogP contribution in [-0.2, 0) is 11.0 Å². The van der Waals surface area contributed by atoms with Crippen LogP contribution in [-0.4, -0.2) is 34.9 Å². The zero-order valence-electron chi connectivity index (χ0n) is 15.8. The maximum absolute atomic E-state index is 12.8. The molecular formula is C21H22F3N3O. The van der Waals surface area contributed by atoms with Gasteiger partial charge in [-0.2, -0.15) is 13.2 Å². The molecule has 2 saturated heterocycles. The van der Waals surface area contributed by atoms with E-state index in [1.807, 2.05) is 26.1 Å². The van der Waals surface area contributed by atoms with E-state index in [4.69, 9.17) is 0 Å². The van der Waals surface area contributed by atoms with Crippen LogP contribution in [0.15, 0.2) is 36.4 Å². The Morgan fingerprint density at radius 3 is 2.46 bits per heavy atom. The molecule has 3 heterocycles. The minimum Gasteiger partial charge on any atom is -0.354 e. The molecule has 2 aromatic rings. The molecule has 148 valence electrons. The molecule has 4 rings (SSSR count). The van der Waals surface area contributed by atoms with Crippen LogP contribution >= 0.6 is 0 Å². The van der Waals surface area contributed by atoms with Gasteiger partial charge in [-0.1, -0.05) is 12.1 Å². The Kier molecular flexibility index (Phi) is 4.45. The van der Waals surface area contributed by atoms with Crippen LogP contribution in [0.1, 0.15) is 42.3 Å². The highest BCUT2D eigenvalue weighted by molar-refractivity contribution is 5.88. The molecule has 0 radical (unpaired) electrons. The quantitative estimate of drug-likeness (QED) is 0.841. The van der Waals surface area contributed by atoms with Crippen molar-refractivity contribution in [1.82, 2.24) is 15.2 Å². The van der Waals surface area contributed by atoms with E-state index >= 15 is 0 Å². The Hall–Kier alpha value is -2.41. The van der Waals surface area contributed by atoms with E-state index in [1.165, 1.54) is 12.1 Å². The van der Waals surface area contributed by atoms with E-state index in [9.17, 15) is 18.0 Å². The van der Waals surface area contributed by atoms with Crippen molar-refractivity contribution in [3.05, 3.63) is 53.3 Å². The van der Waals surface area contributed by atoms with Gasteiger partial charge in [0.15, 0.2) is 0 Å². The lowest BCUT2D eigenvalue weighted by molar-refractivity contribution is -0.137. The van der Waals surface area contributed by atoms with Crippen molar-refractivity contribution < 1.29 is 18.0 Å². The fourth-order valence-corrected chi connectivity index (χ4v) is 4.51. The summed E-state index contributed by atoms with van der Waals surface area (Å²) in [4.78, 5) is 19.2. The number of aryl methyl sites for hydroxylation is 1. The minimum atomic E-state index is -4.35. The Balaban J connectivity index is 1.66. The topological polar surface area (TPSA) is 45.2 Å². The van der Waals surface area contributed by atoms with Gasteiger partial charge in [-0.05, 0) is 68.6 Å². The molecular weight excluding hydrogens is 367 g/mol. The van der Waals surface area contributed by atoms with E-state index in [0.717, 1.165) is 48.3 Å². The van der Waals surface area contributed by atoms with E-state index in [0.29, 0.717) is 12.1 Å². The van der Waals surface area contributed by atoms with E-state index in [-0.39, 0.29) is 11.9 Å². The fourth-order valence-electron chi connectivity index (χ4n) is 4.51. The van der Waals surface area contributed by atoms with Gasteiger partial charge in [0.1, 0.15) is 5.54 Å². The normalized spacial score (nSPS) is 25.5. The molecule has 2 atom stereocenters. The summed E-state index contributed by atoms with van der Waals surface area (Å²) in [7, 11) is 1.96. The van der Waals surface area contributed by atoms with Gasteiger partial charge in [0.25, 0.3) is 0 Å². The molecule has 28 heavy (non-hydrogen) atoms. The van der Waals surface area contributed by atoms with E-state index in [2.05, 4.69) is 15.2 Å². The number of carbonyl (C=O) groups is 1. The summed E-state index contributed by atoms with van der Waals surface area (Å²) in [5.41, 5.74) is 2.08. The van der Waals surface area contributed by atoms with Gasteiger partial charge < -0.3 is 5.32 Å². The van der Waals surface area contributed by atoms with Crippen LogP contribution in [0.4, 0.5) is 13.2 Å². The number of rotatable bonds is 2. The monoisotopic (exact) mass is 389 g/mol. The number of hydrogen-bond donors (Lipinski definition) is 1. The number of nitrogens with zero attached hydrogens (tertiary/aromatic N) is 2. The number of hydrogen-bond acceptors (Lipinski definition) is 3. The number of alkyl halides is 3. The Bertz CT molecular complexity index is 910. The van der Waals surface area contributed by atoms with Crippen molar-refractivity contribution in [2.75, 3.05) is 13.6 Å². The van der Waals surface area contributed by atoms with Gasteiger partial charge in [-0.15, -0.1) is 0 Å². The second kappa shape index (κ2) is 6.58. The van der Waals surface area contributed by atoms with Crippen LogP contribution in [0.2, 0.25) is 0 Å². The van der Waals surface area contributed by atoms with Crippen molar-refractivity contribution in [3.63, 3.8) is 0 Å². The highest BCUT2D eigenvalue weighted by atomic mass is 19.4. The molecule has 1 aromatic carbocycles. The molecule has 0 unspecified atom stereocenters. The van der Waals surface area contributed by atoms with E-state index in [1.54, 1.807) is 0 Å². The summed E-state index contributed by atoms with van der Waals surface area (Å²) in [6.45, 7) is 2.57. The zero-order chi connectivity index (χ0) is 20.1. The molecule has 0 saturated carbocycles. The van der Waals surface area contributed by atoms with Crippen molar-refractivity contribution in [1.29, 1.82) is 0 Å². The van der Waals surface area contributed by atoms with Gasteiger partial charge >= 0.3 is 6.18 Å². The number of nitrogens with one attached hydrogen (secondary N) is 1. The van der Waals surface area contributed by atoms with Crippen molar-refractivity contribution in [2.24, 2.45) is 0 Å². The van der Waals surface area contributed by atoms with Crippen molar-refractivity contribution in [2.45, 2.75) is 43.9 Å². The van der Waals surface area contributed by atoms with Gasteiger partial charge in [-0.3, -0.25) is 14.7 Å². The zero-order valence-corrected chi connectivity index (χ0v) is 15.8. The molecule has 2 fully saturated rings. The summed E-state index contributed by atoms with van der Waals surface area (Å²) in [6.07, 6.45) is -1.95. The second-order valence-electron chi connectivity index (χ2n) is 7.70. The SMILES string of the molecule is Cc1cc(-c2ccc(C(F)(F)F)cc2)cc([C@H]2CC[C@]3(CCNC3=O)N2C)n1. The molecule has 0 aliphatic carbocycles. The predicted molar refractivity (Wildman–Crippen MR) is 99.5 cm³/mol. The fraction of sp³-hybridized carbons (Fsp3) is 0.429. The van der Waals surface area contributed by atoms with Crippen LogP contribution in [0.5, 0.6) is 0 Å². The lowest BCUT2D eigenvalue weighted by Crippen LogP contribution is -2.48. The largest absolute Gasteiger partial charge is 0.416 e. The van der Waals surface area contributed by atoms with Crippen LogP contribution < -0.4 is 5.32 Å². The number of pyridine rings is 1. The highest BCUT2D eigenvalue weighted by Gasteiger charge is 2.52. The van der Waals surface area contributed by atoms with E-state index < -0.39 is 17.3 Å². The van der Waals surface area contributed by atoms with Gasteiger partial charge in [-0.25, -0.2) is 0 Å². The summed E-state index contributed by atoms with van der Waals surface area (Å²) in [6, 6.07) is 9.00. The third-order valence-corrected chi connectivity index (χ3v) is 6.08. The standard InChI is InChI=1S/C21H22F3N3O/c1-13-11-15(14-3-5-16(6-4-14)21(22,23)24)12-17(26-13)18-7-8-20(27(18)2)9-10-25-19(20)28/h3-6,11-12,18H,7-10H2,1-2H3,(H,25,28)/t18-,20-/m1/s1. The summed E-state index contributed by atoms with van der Waals surface area (Å²) < 4.78 is 38.5. The summed E-state index contributed by atoms with van der Waals surface area (Å²) in [5.74, 6) is 0.0770. The smallest absolute Gasteiger partial charge is 0.354 e. The Labute approximate surface area is 161 Å². The highest BCUT2D eigenvalue weighted by Crippen LogP contribution is 2.45. The first-order valence-electron chi connectivity index (χ1n) is 9.38. The molecule has 1 amide bonds. The molecule has 7 heteroatoms. The molecule has 2 aliphatic rings. The lowest BCUT2D eigenvalue weighted by atomic mass is 9.95. The number of amides is 1. The average molecular weight is 389 g/mol. The molecule has 0 bridgehead atoms. The Morgan fingerprint density at radius 2 is 1.86 bits per heavy atom. The number of likely N-dealkylation sites (N-methyl/N-ethyl adjacent to an activating group) is 1. The predicted octanol–water partition coefficient (Wildman–Crippen LogP) is 4.10. The second-order valence-corrected chi connectivity index (χ2v) is 7.70. The third kappa shape index (κ3) is 3.07. The number of aromatic nitrogens is 1. The average Bonchev–Trinajstić information content (AvgIpc) is 3.18. The lowest BCUT2D eigenvalue weighted by Gasteiger charge is -2.32. The molecule has 2 aliphatic heterocycles. The van der Waals surface area contributed by atoms with Crippen LogP contribution in [0.3, 0.4) is 0 Å². The molecule has 1 N–H and O–H groups in total. The first-order valence-corrected chi connectivity index (χ1v) is 9.38. The maximum atomic E-state index is 12.8. The summed E-state index contributed by atoms with van der Waals surface area (Å²) >= 11 is 0. The molecule has 4 nitrogen and oxygen atoms in total. The number of carbonyl (C=O) groups excluding carboxylic acids is 1. The Morgan fingerprint density at radius 1 is 1.14 bits per heavy atom. The number of likely N-dealkylation sites (tertiary alicyclic amines) is 1. The first-order chi connectivity index (χ1) is 13.2. The molecule has 1 aromatic heterocycles. The number of halogens is 3. The summed E-state index contributed by atoms with van der Waals surface area (Å²) in [5, 5.41) is 2.93. The van der Waals surface area contributed by atoms with Crippen molar-refractivity contribution in [3.8, 4) is 11.1 Å². The van der Waals surface area contributed by atoms with Crippen LogP contribution in [0.25, 0.3) is 11.1 Å². The minimum absolute atomic E-state index is 0.0111.